The van der Waals surface area contributed by atoms with Gasteiger partial charge in [-0.15, -0.1) is 0 Å². The van der Waals surface area contributed by atoms with Crippen molar-refractivity contribution in [1.29, 1.82) is 0 Å². The van der Waals surface area contributed by atoms with E-state index in [1.165, 1.54) is 0 Å². The summed E-state index contributed by atoms with van der Waals surface area (Å²) in [7, 11) is 1.56. The topological polar surface area (TPSA) is 47.3 Å². The predicted octanol–water partition coefficient (Wildman–Crippen LogP) is 1.35. The summed E-state index contributed by atoms with van der Waals surface area (Å²) in [5.74, 6) is 0. The standard InChI is InChI=1S/C8H13BrN2O2/c1-3-11-8(6(9)4-10-11)7(12)5-13-2/h4,7,12H,3,5H2,1-2H3. The minimum atomic E-state index is -0.623. The van der Waals surface area contributed by atoms with E-state index in [1.54, 1.807) is 18.0 Å². The Bertz CT molecular complexity index is 275. The first-order valence-electron chi connectivity index (χ1n) is 4.08. The first-order chi connectivity index (χ1) is 6.20. The lowest BCUT2D eigenvalue weighted by atomic mass is 10.2. The van der Waals surface area contributed by atoms with Gasteiger partial charge >= 0.3 is 0 Å². The number of methoxy groups -OCH3 is 1. The van der Waals surface area contributed by atoms with E-state index in [1.807, 2.05) is 6.92 Å². The molecule has 0 aromatic carbocycles. The smallest absolute Gasteiger partial charge is 0.120 e. The zero-order chi connectivity index (χ0) is 9.84. The summed E-state index contributed by atoms with van der Waals surface area (Å²) in [6.45, 7) is 2.99. The molecule has 1 N–H and O–H groups in total. The Labute approximate surface area is 85.6 Å². The van der Waals surface area contributed by atoms with E-state index in [0.717, 1.165) is 16.7 Å². The Morgan fingerprint density at radius 1 is 1.77 bits per heavy atom. The molecular weight excluding hydrogens is 236 g/mol. The average Bonchev–Trinajstić information content (AvgIpc) is 2.47. The Hall–Kier alpha value is -0.390. The summed E-state index contributed by atoms with van der Waals surface area (Å²) in [5, 5.41) is 13.8. The fourth-order valence-electron chi connectivity index (χ4n) is 1.19. The van der Waals surface area contributed by atoms with Crippen molar-refractivity contribution >= 4 is 15.9 Å². The largest absolute Gasteiger partial charge is 0.384 e. The van der Waals surface area contributed by atoms with Gasteiger partial charge in [-0.05, 0) is 22.9 Å². The van der Waals surface area contributed by atoms with Gasteiger partial charge in [-0.25, -0.2) is 0 Å². The minimum absolute atomic E-state index is 0.282. The summed E-state index contributed by atoms with van der Waals surface area (Å²) in [4.78, 5) is 0. The van der Waals surface area contributed by atoms with Gasteiger partial charge in [0.15, 0.2) is 0 Å². The van der Waals surface area contributed by atoms with Crippen LogP contribution in [-0.2, 0) is 11.3 Å². The van der Waals surface area contributed by atoms with Gasteiger partial charge in [0.05, 0.1) is 23.0 Å². The van der Waals surface area contributed by atoms with Crippen molar-refractivity contribution in [3.8, 4) is 0 Å². The monoisotopic (exact) mass is 248 g/mol. The van der Waals surface area contributed by atoms with Crippen LogP contribution in [0.2, 0.25) is 0 Å². The first-order valence-corrected chi connectivity index (χ1v) is 4.88. The van der Waals surface area contributed by atoms with Crippen molar-refractivity contribution in [2.24, 2.45) is 0 Å². The summed E-state index contributed by atoms with van der Waals surface area (Å²) in [6, 6.07) is 0. The van der Waals surface area contributed by atoms with Crippen LogP contribution in [-0.4, -0.2) is 28.6 Å². The molecule has 1 aromatic heterocycles. The normalized spacial score (nSPS) is 13.2. The zero-order valence-electron chi connectivity index (χ0n) is 7.70. The number of aliphatic hydroxyl groups is 1. The fourth-order valence-corrected chi connectivity index (χ4v) is 1.75. The molecule has 13 heavy (non-hydrogen) atoms. The lowest BCUT2D eigenvalue weighted by Gasteiger charge is -2.11. The highest BCUT2D eigenvalue weighted by molar-refractivity contribution is 9.10. The van der Waals surface area contributed by atoms with Gasteiger partial charge in [-0.3, -0.25) is 4.68 Å². The molecule has 0 fully saturated rings. The van der Waals surface area contributed by atoms with Crippen molar-refractivity contribution in [2.45, 2.75) is 19.6 Å². The van der Waals surface area contributed by atoms with Crippen molar-refractivity contribution in [3.63, 3.8) is 0 Å². The quantitative estimate of drug-likeness (QED) is 0.876. The minimum Gasteiger partial charge on any atom is -0.384 e. The summed E-state index contributed by atoms with van der Waals surface area (Å²) in [5.41, 5.74) is 0.768. The van der Waals surface area contributed by atoms with E-state index in [-0.39, 0.29) is 6.61 Å². The van der Waals surface area contributed by atoms with Gasteiger partial charge in [0.25, 0.3) is 0 Å². The summed E-state index contributed by atoms with van der Waals surface area (Å²) < 4.78 is 7.43. The third-order valence-electron chi connectivity index (χ3n) is 1.77. The van der Waals surface area contributed by atoms with E-state index in [2.05, 4.69) is 21.0 Å². The maximum Gasteiger partial charge on any atom is 0.120 e. The number of aryl methyl sites for hydroxylation is 1. The van der Waals surface area contributed by atoms with Crippen molar-refractivity contribution in [2.75, 3.05) is 13.7 Å². The number of nitrogens with zero attached hydrogens (tertiary/aromatic N) is 2. The molecule has 1 heterocycles. The molecule has 4 nitrogen and oxygen atoms in total. The number of ether oxygens (including phenoxy) is 1. The zero-order valence-corrected chi connectivity index (χ0v) is 9.28. The summed E-state index contributed by atoms with van der Waals surface area (Å²) >= 11 is 3.33. The molecule has 0 aliphatic carbocycles. The molecule has 0 amide bonds. The molecule has 0 saturated heterocycles. The maximum absolute atomic E-state index is 9.69. The highest BCUT2D eigenvalue weighted by Gasteiger charge is 2.16. The number of hydrogen-bond donors (Lipinski definition) is 1. The molecule has 0 aliphatic rings. The number of rotatable bonds is 4. The van der Waals surface area contributed by atoms with Gasteiger partial charge < -0.3 is 9.84 Å². The third-order valence-corrected chi connectivity index (χ3v) is 2.38. The van der Waals surface area contributed by atoms with Gasteiger partial charge in [0.2, 0.25) is 0 Å². The number of halogens is 1. The van der Waals surface area contributed by atoms with Gasteiger partial charge in [0, 0.05) is 13.7 Å². The van der Waals surface area contributed by atoms with Crippen LogP contribution in [0, 0.1) is 0 Å². The third kappa shape index (κ3) is 2.30. The Kier molecular flexibility index (Phi) is 3.90. The van der Waals surface area contributed by atoms with Crippen LogP contribution in [0.5, 0.6) is 0 Å². The molecule has 1 unspecified atom stereocenters. The highest BCUT2D eigenvalue weighted by Crippen LogP contribution is 2.23. The van der Waals surface area contributed by atoms with Crippen LogP contribution >= 0.6 is 15.9 Å². The van der Waals surface area contributed by atoms with Crippen molar-refractivity contribution < 1.29 is 9.84 Å². The van der Waals surface area contributed by atoms with Gasteiger partial charge in [-0.1, -0.05) is 0 Å². The molecule has 0 bridgehead atoms. The van der Waals surface area contributed by atoms with Gasteiger partial charge in [-0.2, -0.15) is 5.10 Å². The summed E-state index contributed by atoms with van der Waals surface area (Å²) in [6.07, 6.45) is 1.05. The molecule has 0 radical (unpaired) electrons. The number of aliphatic hydroxyl groups excluding tert-OH is 1. The van der Waals surface area contributed by atoms with E-state index >= 15 is 0 Å². The number of aromatic nitrogens is 2. The molecule has 74 valence electrons. The molecular formula is C8H13BrN2O2. The Morgan fingerprint density at radius 2 is 2.46 bits per heavy atom. The van der Waals surface area contributed by atoms with Crippen LogP contribution in [0.25, 0.3) is 0 Å². The molecule has 5 heteroatoms. The van der Waals surface area contributed by atoms with Crippen LogP contribution in [0.4, 0.5) is 0 Å². The second-order valence-corrected chi connectivity index (χ2v) is 3.52. The molecule has 0 aliphatic heterocycles. The molecule has 0 spiro atoms. The van der Waals surface area contributed by atoms with Crippen LogP contribution in [0.3, 0.4) is 0 Å². The predicted molar refractivity (Wildman–Crippen MR) is 52.4 cm³/mol. The lowest BCUT2D eigenvalue weighted by Crippen LogP contribution is -2.12. The molecule has 1 aromatic rings. The number of hydrogen-bond acceptors (Lipinski definition) is 3. The first kappa shape index (κ1) is 10.7. The fraction of sp³-hybridized carbons (Fsp3) is 0.625. The van der Waals surface area contributed by atoms with Crippen LogP contribution < -0.4 is 0 Å². The van der Waals surface area contributed by atoms with Crippen LogP contribution in [0.1, 0.15) is 18.7 Å². The SMILES string of the molecule is CCn1ncc(Br)c1C(O)COC. The van der Waals surface area contributed by atoms with E-state index < -0.39 is 6.10 Å². The maximum atomic E-state index is 9.69. The highest BCUT2D eigenvalue weighted by atomic mass is 79.9. The van der Waals surface area contributed by atoms with Crippen molar-refractivity contribution in [1.82, 2.24) is 9.78 Å². The second kappa shape index (κ2) is 4.74. The molecule has 1 atom stereocenters. The second-order valence-electron chi connectivity index (χ2n) is 2.66. The van der Waals surface area contributed by atoms with E-state index in [9.17, 15) is 5.11 Å². The van der Waals surface area contributed by atoms with E-state index in [4.69, 9.17) is 4.74 Å². The Morgan fingerprint density at radius 3 is 3.00 bits per heavy atom. The van der Waals surface area contributed by atoms with Crippen molar-refractivity contribution in [3.05, 3.63) is 16.4 Å². The lowest BCUT2D eigenvalue weighted by molar-refractivity contribution is 0.0582. The van der Waals surface area contributed by atoms with Gasteiger partial charge in [0.1, 0.15) is 6.10 Å². The molecule has 0 saturated carbocycles. The van der Waals surface area contributed by atoms with E-state index in [0.29, 0.717) is 0 Å². The van der Waals surface area contributed by atoms with Crippen LogP contribution in [0.15, 0.2) is 10.7 Å². The average molecular weight is 249 g/mol. The Balaban J connectivity index is 2.89. The molecule has 1 rings (SSSR count).